The average molecular weight is 804 g/mol. The first-order valence-electron chi connectivity index (χ1n) is 19.0. The predicted octanol–water partition coefficient (Wildman–Crippen LogP) is -2.82. The summed E-state index contributed by atoms with van der Waals surface area (Å²) in [6.45, 7) is 4.25. The van der Waals surface area contributed by atoms with Crippen molar-refractivity contribution in [3.63, 3.8) is 0 Å². The number of aliphatic hydroxyl groups excluding tert-OH is 9. The van der Waals surface area contributed by atoms with Gasteiger partial charge in [-0.1, -0.05) is 31.5 Å². The molecule has 4 fully saturated rings. The number of carbonyl (C=O) groups excluding carboxylic acids is 2. The second kappa shape index (κ2) is 19.1. The smallest absolute Gasteiger partial charge is 0.338 e. The van der Waals surface area contributed by atoms with E-state index in [0.717, 1.165) is 0 Å². The van der Waals surface area contributed by atoms with E-state index >= 15 is 0 Å². The number of amides is 1. The number of rotatable bonds is 13. The lowest BCUT2D eigenvalue weighted by Gasteiger charge is -2.51. The van der Waals surface area contributed by atoms with Crippen LogP contribution < -0.4 is 5.32 Å². The van der Waals surface area contributed by atoms with Gasteiger partial charge >= 0.3 is 5.97 Å². The standard InChI is InChI=1S/C37H57NO18/c1-16-9-8-12-22(30(16)54-35-29(48)28(47)25(44)17(2)50-35)51-36-33(53-34(49)19-10-6-5-7-11-19)32(27(46)23(15-40)52-36)56-37(4)13-20(42)24(38-18(3)41)31(55-37)26(45)21(43)14-39/h5-7,10-11,16-17,20-33,35-36,39-40,42-48H,8-9,12-15H2,1-4H3,(H,38,41)/t16?,17?,20?,21-,22?,23?,24?,25?,26-,27?,28?,29?,30?,31?,32?,33?,35?,36?,37?/m1/s1. The van der Waals surface area contributed by atoms with Crippen LogP contribution >= 0.6 is 0 Å². The van der Waals surface area contributed by atoms with Crippen LogP contribution in [0.2, 0.25) is 0 Å². The summed E-state index contributed by atoms with van der Waals surface area (Å²) in [5.41, 5.74) is 0.115. The van der Waals surface area contributed by atoms with Crippen molar-refractivity contribution < 1.29 is 88.7 Å². The molecule has 3 saturated heterocycles. The molecule has 0 aromatic heterocycles. The van der Waals surface area contributed by atoms with Gasteiger partial charge in [-0.3, -0.25) is 4.79 Å². The minimum absolute atomic E-state index is 0.115. The number of hydrogen-bond donors (Lipinski definition) is 10. The molecule has 5 rings (SSSR count). The van der Waals surface area contributed by atoms with Gasteiger partial charge in [0.2, 0.25) is 5.91 Å². The third-order valence-corrected chi connectivity index (χ3v) is 10.9. The quantitative estimate of drug-likeness (QED) is 0.0900. The molecule has 56 heavy (non-hydrogen) atoms. The maximum atomic E-state index is 13.6. The lowest BCUT2D eigenvalue weighted by Crippen LogP contribution is -2.68. The summed E-state index contributed by atoms with van der Waals surface area (Å²) in [6, 6.07) is 6.59. The Balaban J connectivity index is 1.48. The molecule has 19 atom stereocenters. The van der Waals surface area contributed by atoms with Crippen LogP contribution in [0.15, 0.2) is 30.3 Å². The van der Waals surface area contributed by atoms with E-state index in [1.165, 1.54) is 32.9 Å². The van der Waals surface area contributed by atoms with Gasteiger partial charge < -0.3 is 84.4 Å². The van der Waals surface area contributed by atoms with E-state index in [9.17, 15) is 55.5 Å². The Hall–Kier alpha value is -2.44. The van der Waals surface area contributed by atoms with Crippen LogP contribution in [0.5, 0.6) is 0 Å². The van der Waals surface area contributed by atoms with Crippen molar-refractivity contribution in [2.45, 2.75) is 163 Å². The molecule has 0 bridgehead atoms. The molecular formula is C37H57NO18. The molecule has 10 N–H and O–H groups in total. The Kier molecular flexibility index (Phi) is 15.2. The maximum absolute atomic E-state index is 13.6. The van der Waals surface area contributed by atoms with Crippen molar-refractivity contribution in [1.82, 2.24) is 5.32 Å². The summed E-state index contributed by atoms with van der Waals surface area (Å²) >= 11 is 0. The van der Waals surface area contributed by atoms with Gasteiger partial charge in [-0.05, 0) is 44.7 Å². The van der Waals surface area contributed by atoms with Gasteiger partial charge in [-0.15, -0.1) is 0 Å². The number of nitrogens with one attached hydrogen (secondary N) is 1. The van der Waals surface area contributed by atoms with E-state index in [0.29, 0.717) is 19.3 Å². The molecule has 318 valence electrons. The van der Waals surface area contributed by atoms with Crippen molar-refractivity contribution in [3.05, 3.63) is 35.9 Å². The van der Waals surface area contributed by atoms with Gasteiger partial charge in [0.05, 0.1) is 49.2 Å². The highest BCUT2D eigenvalue weighted by Crippen LogP contribution is 2.40. The Bertz CT molecular complexity index is 1430. The van der Waals surface area contributed by atoms with Crippen molar-refractivity contribution in [3.8, 4) is 0 Å². The highest BCUT2D eigenvalue weighted by molar-refractivity contribution is 5.89. The molecule has 1 saturated carbocycles. The Labute approximate surface area is 324 Å². The van der Waals surface area contributed by atoms with Crippen LogP contribution in [-0.2, 0) is 38.0 Å². The first kappa shape index (κ1) is 44.7. The van der Waals surface area contributed by atoms with Crippen molar-refractivity contribution in [2.24, 2.45) is 5.92 Å². The zero-order chi connectivity index (χ0) is 41.1. The molecule has 3 aliphatic heterocycles. The predicted molar refractivity (Wildman–Crippen MR) is 188 cm³/mol. The fourth-order valence-corrected chi connectivity index (χ4v) is 7.85. The van der Waals surface area contributed by atoms with Crippen LogP contribution in [0, 0.1) is 5.92 Å². The SMILES string of the molecule is CC(=O)NC1C(O)CC(C)(OC2C(O)C(CO)OC(OC3CCCC(C)C3OC3OC(C)C(O)C(O)C3O)C2OC(=O)c2ccccc2)OC1[C@H](O)[C@H](O)CO. The van der Waals surface area contributed by atoms with Gasteiger partial charge in [-0.2, -0.15) is 0 Å². The molecule has 0 radical (unpaired) electrons. The topological polar surface area (TPSA) is 293 Å². The van der Waals surface area contributed by atoms with E-state index in [4.69, 9.17) is 33.2 Å². The summed E-state index contributed by atoms with van der Waals surface area (Å²) < 4.78 is 43.0. The van der Waals surface area contributed by atoms with Gasteiger partial charge in [0.1, 0.15) is 54.9 Å². The zero-order valence-corrected chi connectivity index (χ0v) is 31.7. The summed E-state index contributed by atoms with van der Waals surface area (Å²) in [7, 11) is 0. The number of benzene rings is 1. The average Bonchev–Trinajstić information content (AvgIpc) is 3.17. The molecule has 19 nitrogen and oxygen atoms in total. The van der Waals surface area contributed by atoms with E-state index < -0.39 is 141 Å². The van der Waals surface area contributed by atoms with Crippen LogP contribution in [0.4, 0.5) is 0 Å². The van der Waals surface area contributed by atoms with Crippen molar-refractivity contribution >= 4 is 11.9 Å². The molecule has 0 spiro atoms. The van der Waals surface area contributed by atoms with E-state index in [1.54, 1.807) is 18.2 Å². The molecular weight excluding hydrogens is 746 g/mol. The molecule has 1 aromatic carbocycles. The molecule has 1 aliphatic carbocycles. The number of hydrogen-bond acceptors (Lipinski definition) is 18. The first-order chi connectivity index (χ1) is 26.5. The highest BCUT2D eigenvalue weighted by atomic mass is 16.8. The third kappa shape index (κ3) is 10.0. The van der Waals surface area contributed by atoms with Gasteiger partial charge in [-0.25, -0.2) is 4.79 Å². The van der Waals surface area contributed by atoms with E-state index in [1.807, 2.05) is 6.92 Å². The molecule has 4 aliphatic rings. The molecule has 19 heteroatoms. The summed E-state index contributed by atoms with van der Waals surface area (Å²) in [5.74, 6) is -3.64. The van der Waals surface area contributed by atoms with Gasteiger partial charge in [0.25, 0.3) is 0 Å². The van der Waals surface area contributed by atoms with Crippen LogP contribution in [0.1, 0.15) is 63.7 Å². The largest absolute Gasteiger partial charge is 0.450 e. The van der Waals surface area contributed by atoms with E-state index in [2.05, 4.69) is 5.32 Å². The minimum atomic E-state index is -1.96. The fourth-order valence-electron chi connectivity index (χ4n) is 7.85. The fraction of sp³-hybridized carbons (Fsp3) is 0.784. The Morgan fingerprint density at radius 1 is 0.893 bits per heavy atom. The summed E-state index contributed by atoms with van der Waals surface area (Å²) in [6.07, 6.45) is -21.8. The lowest BCUT2D eigenvalue weighted by molar-refractivity contribution is -0.381. The summed E-state index contributed by atoms with van der Waals surface area (Å²) in [4.78, 5) is 25.7. The molecule has 1 amide bonds. The second-order valence-electron chi connectivity index (χ2n) is 15.4. The van der Waals surface area contributed by atoms with Gasteiger partial charge in [0.15, 0.2) is 24.5 Å². The molecule has 1 aromatic rings. The number of aliphatic hydroxyl groups is 9. The Morgan fingerprint density at radius 3 is 2.23 bits per heavy atom. The lowest BCUT2D eigenvalue weighted by atomic mass is 9.85. The third-order valence-electron chi connectivity index (χ3n) is 10.9. The van der Waals surface area contributed by atoms with Crippen molar-refractivity contribution in [1.29, 1.82) is 0 Å². The van der Waals surface area contributed by atoms with Crippen LogP contribution in [0.25, 0.3) is 0 Å². The Morgan fingerprint density at radius 2 is 1.59 bits per heavy atom. The van der Waals surface area contributed by atoms with Crippen LogP contribution in [0.3, 0.4) is 0 Å². The monoisotopic (exact) mass is 803 g/mol. The zero-order valence-electron chi connectivity index (χ0n) is 31.7. The van der Waals surface area contributed by atoms with Crippen molar-refractivity contribution in [2.75, 3.05) is 13.2 Å². The summed E-state index contributed by atoms with van der Waals surface area (Å²) in [5, 5.41) is 98.0. The first-order valence-corrected chi connectivity index (χ1v) is 19.0. The minimum Gasteiger partial charge on any atom is -0.450 e. The second-order valence-corrected chi connectivity index (χ2v) is 15.4. The maximum Gasteiger partial charge on any atom is 0.338 e. The normalized spacial score (nSPS) is 43.0. The number of ether oxygens (including phenoxy) is 7. The molecule has 3 heterocycles. The molecule has 17 unspecified atom stereocenters. The van der Waals surface area contributed by atoms with E-state index in [-0.39, 0.29) is 11.5 Å². The highest BCUT2D eigenvalue weighted by Gasteiger charge is 2.56. The van der Waals surface area contributed by atoms with Gasteiger partial charge in [0, 0.05) is 13.3 Å². The van der Waals surface area contributed by atoms with Crippen LogP contribution in [-0.4, -0.2) is 181 Å². The number of esters is 1. The number of carbonyl (C=O) groups is 2.